The monoisotopic (exact) mass is 208 g/mol. The molecule has 0 heterocycles. The van der Waals surface area contributed by atoms with Gasteiger partial charge in [-0.25, -0.2) is 0 Å². The molecule has 0 unspecified atom stereocenters. The highest BCUT2D eigenvalue weighted by atomic mass is 28.3. The van der Waals surface area contributed by atoms with Crippen molar-refractivity contribution in [2.24, 2.45) is 0 Å². The third-order valence-corrected chi connectivity index (χ3v) is 2.37. The summed E-state index contributed by atoms with van der Waals surface area (Å²) in [6.07, 6.45) is 6.63. The number of rotatable bonds is 4. The maximum Gasteiger partial charge on any atom is 0.129 e. The normalized spacial score (nSPS) is 9.71. The summed E-state index contributed by atoms with van der Waals surface area (Å²) < 4.78 is 0. The summed E-state index contributed by atoms with van der Waals surface area (Å²) in [5.41, 5.74) is 6.23. The molecule has 14 heavy (non-hydrogen) atoms. The van der Waals surface area contributed by atoms with E-state index in [1.165, 1.54) is 0 Å². The van der Waals surface area contributed by atoms with Crippen molar-refractivity contribution in [2.45, 2.75) is 38.9 Å². The van der Waals surface area contributed by atoms with E-state index in [0.717, 1.165) is 19.3 Å². The molecule has 0 aromatic carbocycles. The number of hydrogen-bond donors (Lipinski definition) is 1. The summed E-state index contributed by atoms with van der Waals surface area (Å²) in [5.74, 6) is 3.22. The first-order chi connectivity index (χ1) is 6.56. The van der Waals surface area contributed by atoms with Crippen molar-refractivity contribution in [1.82, 2.24) is 0 Å². The molecule has 0 spiro atoms. The molecule has 2 heteroatoms. The van der Waals surface area contributed by atoms with Gasteiger partial charge in [0.05, 0.1) is 6.61 Å². The summed E-state index contributed by atoms with van der Waals surface area (Å²) in [7, 11) is -1.16. The van der Waals surface area contributed by atoms with Crippen LogP contribution < -0.4 is 0 Å². The first-order valence-corrected chi connectivity index (χ1v) is 8.56. The van der Waals surface area contributed by atoms with Gasteiger partial charge < -0.3 is 5.11 Å². The minimum atomic E-state index is -1.16. The van der Waals surface area contributed by atoms with Gasteiger partial charge in [-0.15, -0.1) is 17.2 Å². The van der Waals surface area contributed by atoms with Gasteiger partial charge in [0, 0.05) is 6.42 Å². The second-order valence-corrected chi connectivity index (χ2v) is 8.95. The van der Waals surface area contributed by atoms with E-state index < -0.39 is 8.07 Å². The van der Waals surface area contributed by atoms with Crippen molar-refractivity contribution in [2.75, 3.05) is 6.61 Å². The molecule has 0 rings (SSSR count). The molecule has 0 aliphatic rings. The average Bonchev–Trinajstić information content (AvgIpc) is 2.08. The fourth-order valence-corrected chi connectivity index (χ4v) is 1.49. The number of unbranched alkanes of at least 4 members (excludes halogenated alkanes) is 2. The lowest BCUT2D eigenvalue weighted by atomic mass is 10.2. The lowest BCUT2D eigenvalue weighted by molar-refractivity contribution is 0.343. The fourth-order valence-electron chi connectivity index (χ4n) is 0.840. The molecule has 0 amide bonds. The Morgan fingerprint density at radius 2 is 1.93 bits per heavy atom. The Hall–Kier alpha value is -0.743. The minimum Gasteiger partial charge on any atom is -0.392 e. The third-order valence-electron chi connectivity index (χ3n) is 1.44. The molecule has 0 saturated heterocycles. The van der Waals surface area contributed by atoms with Gasteiger partial charge in [-0.3, -0.25) is 0 Å². The quantitative estimate of drug-likeness (QED) is 0.326. The molecule has 78 valence electrons. The van der Waals surface area contributed by atoms with Crippen LogP contribution in [0.1, 0.15) is 19.3 Å². The molecule has 0 bridgehead atoms. The summed E-state index contributed by atoms with van der Waals surface area (Å²) in [5, 5.41) is 8.44. The van der Waals surface area contributed by atoms with Crippen molar-refractivity contribution in [3.05, 3.63) is 17.9 Å². The zero-order chi connectivity index (χ0) is 10.9. The zero-order valence-corrected chi connectivity index (χ0v) is 10.4. The molecule has 0 aliphatic heterocycles. The largest absolute Gasteiger partial charge is 0.392 e. The van der Waals surface area contributed by atoms with Gasteiger partial charge in [0.2, 0.25) is 0 Å². The summed E-state index contributed by atoms with van der Waals surface area (Å²) in [4.78, 5) is 0. The second kappa shape index (κ2) is 7.64. The predicted molar refractivity (Wildman–Crippen MR) is 64.7 cm³/mol. The van der Waals surface area contributed by atoms with E-state index >= 15 is 0 Å². The van der Waals surface area contributed by atoms with Crippen LogP contribution in [0.4, 0.5) is 0 Å². The average molecular weight is 208 g/mol. The SMILES string of the molecule is C[Si](C)(C)C#CCCCC=C=CCO. The standard InChI is InChI=1S/C12H20OSi/c1-14(2,3)12-10-8-6-4-5-7-9-11-13/h5,9,13H,4,6,8,11H2,1-3H3. The van der Waals surface area contributed by atoms with Crippen molar-refractivity contribution in [3.63, 3.8) is 0 Å². The van der Waals surface area contributed by atoms with Crippen molar-refractivity contribution in [3.8, 4) is 11.5 Å². The van der Waals surface area contributed by atoms with Gasteiger partial charge in [-0.2, -0.15) is 0 Å². The van der Waals surface area contributed by atoms with E-state index in [0.29, 0.717) is 0 Å². The van der Waals surface area contributed by atoms with Crippen molar-refractivity contribution >= 4 is 8.07 Å². The van der Waals surface area contributed by atoms with E-state index in [1.807, 2.05) is 6.08 Å². The Balaban J connectivity index is 3.56. The minimum absolute atomic E-state index is 0.0753. The molecule has 0 saturated carbocycles. The molecule has 0 radical (unpaired) electrons. The summed E-state index contributed by atoms with van der Waals surface area (Å²) in [6.45, 7) is 6.84. The highest BCUT2D eigenvalue weighted by Gasteiger charge is 2.06. The Morgan fingerprint density at radius 3 is 2.50 bits per heavy atom. The van der Waals surface area contributed by atoms with Crippen LogP contribution in [0.2, 0.25) is 19.6 Å². The molecular formula is C12H20OSi. The molecule has 1 nitrogen and oxygen atoms in total. The molecule has 0 atom stereocenters. The highest BCUT2D eigenvalue weighted by molar-refractivity contribution is 6.83. The number of aliphatic hydroxyl groups excluding tert-OH is 1. The molecular weight excluding hydrogens is 188 g/mol. The smallest absolute Gasteiger partial charge is 0.129 e. The van der Waals surface area contributed by atoms with Crippen LogP contribution in [0.15, 0.2) is 17.9 Å². The topological polar surface area (TPSA) is 20.2 Å². The highest BCUT2D eigenvalue weighted by Crippen LogP contribution is 1.99. The first-order valence-electron chi connectivity index (χ1n) is 5.06. The van der Waals surface area contributed by atoms with Crippen molar-refractivity contribution in [1.29, 1.82) is 0 Å². The Labute approximate surface area is 88.5 Å². The van der Waals surface area contributed by atoms with Crippen molar-refractivity contribution < 1.29 is 5.11 Å². The summed E-state index contributed by atoms with van der Waals surface area (Å²) in [6, 6.07) is 0. The second-order valence-electron chi connectivity index (χ2n) is 4.20. The zero-order valence-electron chi connectivity index (χ0n) is 9.43. The third kappa shape index (κ3) is 11.3. The summed E-state index contributed by atoms with van der Waals surface area (Å²) >= 11 is 0. The van der Waals surface area contributed by atoms with Crippen LogP contribution >= 0.6 is 0 Å². The van der Waals surface area contributed by atoms with Crippen LogP contribution in [0.25, 0.3) is 0 Å². The van der Waals surface area contributed by atoms with E-state index in [-0.39, 0.29) is 6.61 Å². The Morgan fingerprint density at radius 1 is 1.21 bits per heavy atom. The van der Waals surface area contributed by atoms with Gasteiger partial charge in [-0.05, 0) is 25.0 Å². The molecule has 1 N–H and O–H groups in total. The lowest BCUT2D eigenvalue weighted by Gasteiger charge is -2.02. The van der Waals surface area contributed by atoms with Gasteiger partial charge in [0.25, 0.3) is 0 Å². The molecule has 0 aliphatic carbocycles. The van der Waals surface area contributed by atoms with Gasteiger partial charge in [-0.1, -0.05) is 19.6 Å². The van der Waals surface area contributed by atoms with Crippen LogP contribution in [0.3, 0.4) is 0 Å². The van der Waals surface area contributed by atoms with E-state index in [9.17, 15) is 0 Å². The maximum absolute atomic E-state index is 8.44. The molecule has 0 fully saturated rings. The number of aliphatic hydroxyl groups is 1. The van der Waals surface area contributed by atoms with Crippen LogP contribution in [0.5, 0.6) is 0 Å². The fraction of sp³-hybridized carbons (Fsp3) is 0.583. The van der Waals surface area contributed by atoms with E-state index in [1.54, 1.807) is 6.08 Å². The Bertz CT molecular complexity index is 256. The number of hydrogen-bond acceptors (Lipinski definition) is 1. The molecule has 0 aromatic heterocycles. The first kappa shape index (κ1) is 13.3. The lowest BCUT2D eigenvalue weighted by Crippen LogP contribution is -2.16. The van der Waals surface area contributed by atoms with Gasteiger partial charge >= 0.3 is 0 Å². The van der Waals surface area contributed by atoms with E-state index in [2.05, 4.69) is 36.8 Å². The van der Waals surface area contributed by atoms with E-state index in [4.69, 9.17) is 5.11 Å². The van der Waals surface area contributed by atoms with Crippen LogP contribution in [-0.2, 0) is 0 Å². The van der Waals surface area contributed by atoms with Gasteiger partial charge in [0.1, 0.15) is 8.07 Å². The van der Waals surface area contributed by atoms with Crippen LogP contribution in [0, 0.1) is 11.5 Å². The predicted octanol–water partition coefficient (Wildman–Crippen LogP) is 2.74. The van der Waals surface area contributed by atoms with Gasteiger partial charge in [0.15, 0.2) is 0 Å². The maximum atomic E-state index is 8.44. The van der Waals surface area contributed by atoms with Crippen LogP contribution in [-0.4, -0.2) is 19.8 Å². The Kier molecular flexibility index (Phi) is 7.24. The molecule has 0 aromatic rings.